The first-order valence-corrected chi connectivity index (χ1v) is 16.2. The van der Waals surface area contributed by atoms with E-state index in [9.17, 15) is 9.00 Å². The molecule has 1 unspecified atom stereocenters. The number of hydrogen-bond donors (Lipinski definition) is 3. The zero-order valence-corrected chi connectivity index (χ0v) is 25.9. The smallest absolute Gasteiger partial charge is 0.328 e. The van der Waals surface area contributed by atoms with E-state index in [2.05, 4.69) is 22.6 Å². The van der Waals surface area contributed by atoms with E-state index < -0.39 is 17.3 Å². The van der Waals surface area contributed by atoms with E-state index in [-0.39, 0.29) is 12.6 Å². The second-order valence-corrected chi connectivity index (χ2v) is 12.6. The molecule has 224 valence electrons. The van der Waals surface area contributed by atoms with Gasteiger partial charge in [0.05, 0.1) is 20.6 Å². The molecule has 2 aromatic carbocycles. The maximum Gasteiger partial charge on any atom is 0.328 e. The summed E-state index contributed by atoms with van der Waals surface area (Å²) in [5.41, 5.74) is 2.99. The summed E-state index contributed by atoms with van der Waals surface area (Å²) in [5.74, 6) is 2.18. The Morgan fingerprint density at radius 1 is 1.05 bits per heavy atom. The van der Waals surface area contributed by atoms with Crippen LogP contribution < -0.4 is 14.8 Å². The minimum absolute atomic E-state index is 0.00334. The molecule has 3 N–H and O–H groups in total. The number of benzene rings is 2. The molecule has 2 fully saturated rings. The standard InChI is InChI=1S/C30H32Cl3N3O5S/c31-24-8-3-9-25(32)27(24)28-23(29(41-35-28)20-12-13-20)17-40-22-15-14-19(26(33)16-22)11-10-18-4-1-6-21(7-2-5-18)34-30(37)36-42(38)39/h3,8-11,14-16,18,20-21H,1-2,4-7,12-13,17H2,(H,38,39)(H2,34,36,37)/b11-10+. The average Bonchev–Trinajstić information content (AvgIpc) is 3.68. The topological polar surface area (TPSA) is 114 Å². The predicted octanol–water partition coefficient (Wildman–Crippen LogP) is 8.55. The molecule has 0 bridgehead atoms. The maximum absolute atomic E-state index is 11.7. The van der Waals surface area contributed by atoms with Crippen LogP contribution in [0.25, 0.3) is 17.3 Å². The molecule has 3 aromatic rings. The molecular weight excluding hydrogens is 621 g/mol. The Labute approximate surface area is 262 Å². The van der Waals surface area contributed by atoms with E-state index in [4.69, 9.17) is 48.6 Å². The van der Waals surface area contributed by atoms with Gasteiger partial charge in [0.2, 0.25) is 0 Å². The molecule has 1 atom stereocenters. The second kappa shape index (κ2) is 14.3. The fraction of sp³-hybridized carbons (Fsp3) is 0.400. The van der Waals surface area contributed by atoms with Gasteiger partial charge in [0.15, 0.2) is 0 Å². The molecule has 2 aliphatic carbocycles. The van der Waals surface area contributed by atoms with E-state index in [0.29, 0.717) is 43.9 Å². The lowest BCUT2D eigenvalue weighted by Gasteiger charge is -2.23. The molecule has 5 rings (SSSR count). The quantitative estimate of drug-likeness (QED) is 0.200. The molecule has 8 nitrogen and oxygen atoms in total. The highest BCUT2D eigenvalue weighted by atomic mass is 35.5. The third kappa shape index (κ3) is 8.08. The number of nitrogens with zero attached hydrogens (tertiary/aromatic N) is 1. The normalized spacial score (nSPS) is 20.1. The summed E-state index contributed by atoms with van der Waals surface area (Å²) < 4.78 is 33.4. The van der Waals surface area contributed by atoms with E-state index in [1.54, 1.807) is 18.2 Å². The van der Waals surface area contributed by atoms with Crippen LogP contribution in [0.15, 0.2) is 47.0 Å². The number of halogens is 3. The van der Waals surface area contributed by atoms with Crippen LogP contribution >= 0.6 is 34.8 Å². The molecule has 0 aliphatic heterocycles. The van der Waals surface area contributed by atoms with Gasteiger partial charge in [-0.25, -0.2) is 13.7 Å². The lowest BCUT2D eigenvalue weighted by molar-refractivity contribution is 0.238. The summed E-state index contributed by atoms with van der Waals surface area (Å²) in [6.07, 6.45) is 11.9. The summed E-state index contributed by atoms with van der Waals surface area (Å²) in [5, 5.41) is 8.70. The number of urea groups is 1. The molecule has 1 heterocycles. The number of nitrogens with one attached hydrogen (secondary N) is 2. The van der Waals surface area contributed by atoms with E-state index in [1.807, 2.05) is 22.9 Å². The Morgan fingerprint density at radius 2 is 1.76 bits per heavy atom. The summed E-state index contributed by atoms with van der Waals surface area (Å²) in [7, 11) is 0. The minimum atomic E-state index is -2.36. The van der Waals surface area contributed by atoms with Gasteiger partial charge in [-0.3, -0.25) is 4.55 Å². The van der Waals surface area contributed by atoms with Crippen LogP contribution in [0.3, 0.4) is 0 Å². The Hall–Kier alpha value is -2.56. The van der Waals surface area contributed by atoms with Gasteiger partial charge < -0.3 is 14.6 Å². The summed E-state index contributed by atoms with van der Waals surface area (Å²) >= 11 is 17.2. The van der Waals surface area contributed by atoms with Crippen LogP contribution in [-0.2, 0) is 17.9 Å². The first-order chi connectivity index (χ1) is 20.3. The van der Waals surface area contributed by atoms with Crippen LogP contribution in [0, 0.1) is 5.92 Å². The largest absolute Gasteiger partial charge is 0.489 e. The summed E-state index contributed by atoms with van der Waals surface area (Å²) in [6, 6.07) is 10.4. The Bertz CT molecular complexity index is 1450. The lowest BCUT2D eigenvalue weighted by atomic mass is 9.88. The highest BCUT2D eigenvalue weighted by Gasteiger charge is 2.33. The second-order valence-electron chi connectivity index (χ2n) is 10.7. The van der Waals surface area contributed by atoms with Crippen LogP contribution in [-0.4, -0.2) is 26.0 Å². The van der Waals surface area contributed by atoms with Crippen molar-refractivity contribution in [3.63, 3.8) is 0 Å². The van der Waals surface area contributed by atoms with Crippen molar-refractivity contribution < 1.29 is 22.8 Å². The Balaban J connectivity index is 1.19. The molecule has 2 saturated carbocycles. The van der Waals surface area contributed by atoms with Gasteiger partial charge in [0.25, 0.3) is 11.3 Å². The highest BCUT2D eigenvalue weighted by molar-refractivity contribution is 7.77. The average molecular weight is 653 g/mol. The number of rotatable bonds is 9. The first-order valence-electron chi connectivity index (χ1n) is 14.0. The number of allylic oxidation sites excluding steroid dienone is 1. The third-order valence-corrected chi connectivity index (χ3v) is 8.96. The van der Waals surface area contributed by atoms with Crippen LogP contribution in [0.2, 0.25) is 15.1 Å². The molecule has 1 aromatic heterocycles. The number of carbonyl (C=O) groups excluding carboxylic acids is 1. The number of hydrogen-bond acceptors (Lipinski definition) is 5. The molecule has 2 aliphatic rings. The predicted molar refractivity (Wildman–Crippen MR) is 166 cm³/mol. The number of carbonyl (C=O) groups is 1. The molecule has 12 heteroatoms. The molecule has 0 spiro atoms. The van der Waals surface area contributed by atoms with Gasteiger partial charge in [-0.15, -0.1) is 0 Å². The van der Waals surface area contributed by atoms with Gasteiger partial charge in [-0.2, -0.15) is 0 Å². The third-order valence-electron chi connectivity index (χ3n) is 7.64. The zero-order valence-electron chi connectivity index (χ0n) is 22.8. The van der Waals surface area contributed by atoms with Crippen LogP contribution in [0.1, 0.15) is 74.2 Å². The Kier molecular flexibility index (Phi) is 10.5. The summed E-state index contributed by atoms with van der Waals surface area (Å²) in [4.78, 5) is 11.7. The van der Waals surface area contributed by atoms with Crippen molar-refractivity contribution in [1.29, 1.82) is 0 Å². The fourth-order valence-electron chi connectivity index (χ4n) is 5.35. The van der Waals surface area contributed by atoms with Crippen molar-refractivity contribution in [2.24, 2.45) is 5.92 Å². The van der Waals surface area contributed by atoms with Crippen molar-refractivity contribution in [3.05, 3.63) is 74.4 Å². The molecule has 42 heavy (non-hydrogen) atoms. The van der Waals surface area contributed by atoms with Crippen molar-refractivity contribution in [2.75, 3.05) is 0 Å². The molecule has 2 amide bonds. The summed E-state index contributed by atoms with van der Waals surface area (Å²) in [6.45, 7) is 0.245. The van der Waals surface area contributed by atoms with Crippen molar-refractivity contribution >= 4 is 58.2 Å². The lowest BCUT2D eigenvalue weighted by Crippen LogP contribution is -2.42. The number of ether oxygens (including phenoxy) is 1. The fourth-order valence-corrected chi connectivity index (χ4v) is 6.38. The number of amides is 2. The SMILES string of the molecule is O=C(NC1CCCC(/C=C/c2ccc(OCc3c(-c4c(Cl)cccc4Cl)noc3C3CC3)cc2Cl)CCC1)NS(=O)O. The van der Waals surface area contributed by atoms with Crippen molar-refractivity contribution in [2.45, 2.75) is 69.9 Å². The van der Waals surface area contributed by atoms with Crippen molar-refractivity contribution in [1.82, 2.24) is 15.2 Å². The van der Waals surface area contributed by atoms with E-state index in [1.165, 1.54) is 0 Å². The highest BCUT2D eigenvalue weighted by Crippen LogP contribution is 2.46. The van der Waals surface area contributed by atoms with Gasteiger partial charge >= 0.3 is 6.03 Å². The van der Waals surface area contributed by atoms with Gasteiger partial charge in [0, 0.05) is 17.5 Å². The number of aromatic nitrogens is 1. The van der Waals surface area contributed by atoms with E-state index >= 15 is 0 Å². The monoisotopic (exact) mass is 651 g/mol. The van der Waals surface area contributed by atoms with Crippen molar-refractivity contribution in [3.8, 4) is 17.0 Å². The molecule has 0 saturated heterocycles. The van der Waals surface area contributed by atoms with Gasteiger partial charge in [0.1, 0.15) is 23.8 Å². The van der Waals surface area contributed by atoms with Crippen LogP contribution in [0.5, 0.6) is 5.75 Å². The van der Waals surface area contributed by atoms with Gasteiger partial charge in [-0.1, -0.05) is 71.0 Å². The Morgan fingerprint density at radius 3 is 2.40 bits per heavy atom. The zero-order chi connectivity index (χ0) is 29.6. The first kappa shape index (κ1) is 30.9. The minimum Gasteiger partial charge on any atom is -0.489 e. The molecule has 0 radical (unpaired) electrons. The van der Waals surface area contributed by atoms with Crippen LogP contribution in [0.4, 0.5) is 4.79 Å². The maximum atomic E-state index is 11.7. The molecular formula is C30H32Cl3N3O5S. The van der Waals surface area contributed by atoms with E-state index in [0.717, 1.165) is 68.3 Å². The van der Waals surface area contributed by atoms with Gasteiger partial charge in [-0.05, 0) is 80.3 Å².